The zero-order valence-corrected chi connectivity index (χ0v) is 12.0. The number of carbonyl (C=O) groups is 1. The summed E-state index contributed by atoms with van der Waals surface area (Å²) in [5.74, 6) is -0.477. The summed E-state index contributed by atoms with van der Waals surface area (Å²) >= 11 is 0. The fourth-order valence-corrected chi connectivity index (χ4v) is 2.09. The topological polar surface area (TPSA) is 51.0 Å². The quantitative estimate of drug-likeness (QED) is 0.871. The minimum absolute atomic E-state index is 0.0362. The van der Waals surface area contributed by atoms with Crippen LogP contribution >= 0.6 is 0 Å². The predicted octanol–water partition coefficient (Wildman–Crippen LogP) is 2.81. The molecule has 0 saturated heterocycles. The van der Waals surface area contributed by atoms with Crippen molar-refractivity contribution in [2.75, 3.05) is 7.05 Å². The highest BCUT2D eigenvalue weighted by Gasteiger charge is 2.25. The SMILES string of the molecule is Cc1ccc(C(=O)N(C)C(C)c2ccncn2)n1C(F)F. The van der Waals surface area contributed by atoms with Crippen molar-refractivity contribution in [3.8, 4) is 0 Å². The maximum Gasteiger partial charge on any atom is 0.319 e. The molecular weight excluding hydrogens is 278 g/mol. The minimum Gasteiger partial charge on any atom is -0.332 e. The number of carbonyl (C=O) groups excluding carboxylic acids is 1. The first-order valence-electron chi connectivity index (χ1n) is 6.42. The second-order valence-corrected chi connectivity index (χ2v) is 4.73. The van der Waals surface area contributed by atoms with Crippen LogP contribution in [0.2, 0.25) is 0 Å². The number of hydrogen-bond acceptors (Lipinski definition) is 3. The van der Waals surface area contributed by atoms with Crippen molar-refractivity contribution < 1.29 is 13.6 Å². The van der Waals surface area contributed by atoms with Gasteiger partial charge in [-0.1, -0.05) is 0 Å². The van der Waals surface area contributed by atoms with Gasteiger partial charge in [0, 0.05) is 18.9 Å². The summed E-state index contributed by atoms with van der Waals surface area (Å²) in [6, 6.07) is 4.25. The monoisotopic (exact) mass is 294 g/mol. The molecule has 2 aromatic heterocycles. The summed E-state index contributed by atoms with van der Waals surface area (Å²) < 4.78 is 26.8. The summed E-state index contributed by atoms with van der Waals surface area (Å²) in [5, 5.41) is 0. The van der Waals surface area contributed by atoms with E-state index in [1.807, 2.05) is 0 Å². The van der Waals surface area contributed by atoms with E-state index in [4.69, 9.17) is 0 Å². The molecular formula is C14H16F2N4O. The van der Waals surface area contributed by atoms with Crippen molar-refractivity contribution in [2.24, 2.45) is 0 Å². The fraction of sp³-hybridized carbons (Fsp3) is 0.357. The van der Waals surface area contributed by atoms with Gasteiger partial charge in [0.2, 0.25) is 0 Å². The van der Waals surface area contributed by atoms with Gasteiger partial charge in [-0.2, -0.15) is 8.78 Å². The molecule has 2 rings (SSSR count). The summed E-state index contributed by atoms with van der Waals surface area (Å²) in [5.41, 5.74) is 0.954. The molecule has 21 heavy (non-hydrogen) atoms. The van der Waals surface area contributed by atoms with Crippen LogP contribution in [0, 0.1) is 6.92 Å². The molecule has 0 aliphatic rings. The number of aromatic nitrogens is 3. The van der Waals surface area contributed by atoms with Gasteiger partial charge < -0.3 is 4.90 Å². The number of rotatable bonds is 4. The molecule has 0 saturated carbocycles. The molecule has 0 aromatic carbocycles. The molecule has 1 amide bonds. The van der Waals surface area contributed by atoms with Gasteiger partial charge in [-0.05, 0) is 32.0 Å². The molecule has 1 unspecified atom stereocenters. The van der Waals surface area contributed by atoms with Gasteiger partial charge in [-0.3, -0.25) is 9.36 Å². The van der Waals surface area contributed by atoms with Gasteiger partial charge >= 0.3 is 6.55 Å². The molecule has 0 radical (unpaired) electrons. The first-order valence-corrected chi connectivity index (χ1v) is 6.42. The smallest absolute Gasteiger partial charge is 0.319 e. The van der Waals surface area contributed by atoms with E-state index in [2.05, 4.69) is 9.97 Å². The maximum absolute atomic E-state index is 13.0. The standard InChI is InChI=1S/C14H16F2N4O/c1-9-4-5-12(20(9)14(15)16)13(21)19(3)10(2)11-6-7-17-8-18-11/h4-8,10,14H,1-3H3. The molecule has 0 N–H and O–H groups in total. The number of halogens is 2. The van der Waals surface area contributed by atoms with E-state index in [9.17, 15) is 13.6 Å². The number of nitrogens with zero attached hydrogens (tertiary/aromatic N) is 4. The van der Waals surface area contributed by atoms with E-state index in [0.29, 0.717) is 11.4 Å². The Kier molecular flexibility index (Phi) is 4.30. The van der Waals surface area contributed by atoms with Gasteiger partial charge in [0.15, 0.2) is 0 Å². The molecule has 0 aliphatic carbocycles. The summed E-state index contributed by atoms with van der Waals surface area (Å²) in [6.07, 6.45) is 2.96. The van der Waals surface area contributed by atoms with Crippen molar-refractivity contribution >= 4 is 5.91 Å². The minimum atomic E-state index is -2.75. The lowest BCUT2D eigenvalue weighted by Gasteiger charge is -2.25. The average Bonchev–Trinajstić information content (AvgIpc) is 2.87. The van der Waals surface area contributed by atoms with E-state index in [1.165, 1.54) is 30.3 Å². The number of hydrogen-bond donors (Lipinski definition) is 0. The Morgan fingerprint density at radius 1 is 1.33 bits per heavy atom. The van der Waals surface area contributed by atoms with E-state index in [-0.39, 0.29) is 11.7 Å². The molecule has 7 heteroatoms. The second kappa shape index (κ2) is 5.99. The molecule has 0 spiro atoms. The van der Waals surface area contributed by atoms with Crippen LogP contribution in [0.3, 0.4) is 0 Å². The van der Waals surface area contributed by atoms with Crippen molar-refractivity contribution in [1.82, 2.24) is 19.4 Å². The van der Waals surface area contributed by atoms with Crippen molar-refractivity contribution in [3.05, 3.63) is 47.8 Å². The van der Waals surface area contributed by atoms with Crippen LogP contribution in [0.5, 0.6) is 0 Å². The van der Waals surface area contributed by atoms with Gasteiger partial charge in [-0.25, -0.2) is 9.97 Å². The highest BCUT2D eigenvalue weighted by molar-refractivity contribution is 5.93. The fourth-order valence-electron chi connectivity index (χ4n) is 2.09. The van der Waals surface area contributed by atoms with Gasteiger partial charge in [0.25, 0.3) is 5.91 Å². The zero-order chi connectivity index (χ0) is 15.6. The van der Waals surface area contributed by atoms with Crippen molar-refractivity contribution in [3.63, 3.8) is 0 Å². The normalized spacial score (nSPS) is 12.5. The molecule has 1 atom stereocenters. The van der Waals surface area contributed by atoms with Gasteiger partial charge in [0.05, 0.1) is 11.7 Å². The van der Waals surface area contributed by atoms with Crippen LogP contribution in [0.25, 0.3) is 0 Å². The Morgan fingerprint density at radius 3 is 2.62 bits per heavy atom. The molecule has 112 valence electrons. The molecule has 0 fully saturated rings. The Balaban J connectivity index is 2.28. The molecule has 0 aliphatic heterocycles. The van der Waals surface area contributed by atoms with Crippen molar-refractivity contribution in [2.45, 2.75) is 26.4 Å². The summed E-state index contributed by atoms with van der Waals surface area (Å²) in [6.45, 7) is 0.571. The summed E-state index contributed by atoms with van der Waals surface area (Å²) in [4.78, 5) is 21.7. The predicted molar refractivity (Wildman–Crippen MR) is 73.0 cm³/mol. The number of alkyl halides is 2. The van der Waals surface area contributed by atoms with Gasteiger partial charge in [0.1, 0.15) is 12.0 Å². The molecule has 2 aromatic rings. The Hall–Kier alpha value is -2.31. The first kappa shape index (κ1) is 15.1. The van der Waals surface area contributed by atoms with Crippen LogP contribution in [-0.2, 0) is 0 Å². The Morgan fingerprint density at radius 2 is 2.05 bits per heavy atom. The lowest BCUT2D eigenvalue weighted by Crippen LogP contribution is -2.32. The average molecular weight is 294 g/mol. The number of aryl methyl sites for hydroxylation is 1. The lowest BCUT2D eigenvalue weighted by molar-refractivity contribution is 0.0544. The number of amides is 1. The highest BCUT2D eigenvalue weighted by atomic mass is 19.3. The maximum atomic E-state index is 13.0. The zero-order valence-electron chi connectivity index (χ0n) is 12.0. The third-order valence-electron chi connectivity index (χ3n) is 3.47. The van der Waals surface area contributed by atoms with Crippen molar-refractivity contribution in [1.29, 1.82) is 0 Å². The lowest BCUT2D eigenvalue weighted by atomic mass is 10.2. The largest absolute Gasteiger partial charge is 0.332 e. The Bertz CT molecular complexity index is 627. The van der Waals surface area contributed by atoms with E-state index in [1.54, 1.807) is 26.2 Å². The van der Waals surface area contributed by atoms with E-state index in [0.717, 1.165) is 4.57 Å². The van der Waals surface area contributed by atoms with Crippen LogP contribution < -0.4 is 0 Å². The molecule has 2 heterocycles. The third-order valence-corrected chi connectivity index (χ3v) is 3.47. The van der Waals surface area contributed by atoms with Crippen LogP contribution in [-0.4, -0.2) is 32.4 Å². The third kappa shape index (κ3) is 2.91. The summed E-state index contributed by atoms with van der Waals surface area (Å²) in [7, 11) is 1.56. The molecule has 0 bridgehead atoms. The van der Waals surface area contributed by atoms with Crippen LogP contribution in [0.4, 0.5) is 8.78 Å². The first-order chi connectivity index (χ1) is 9.93. The van der Waals surface area contributed by atoms with E-state index < -0.39 is 12.5 Å². The highest BCUT2D eigenvalue weighted by Crippen LogP contribution is 2.23. The van der Waals surface area contributed by atoms with Crippen LogP contribution in [0.15, 0.2) is 30.7 Å². The van der Waals surface area contributed by atoms with E-state index >= 15 is 0 Å². The molecule has 5 nitrogen and oxygen atoms in total. The van der Waals surface area contributed by atoms with Gasteiger partial charge in [-0.15, -0.1) is 0 Å². The van der Waals surface area contributed by atoms with Crippen LogP contribution in [0.1, 0.15) is 41.4 Å². The Labute approximate surface area is 121 Å². The second-order valence-electron chi connectivity index (χ2n) is 4.73.